The second-order valence-corrected chi connectivity index (χ2v) is 6.31. The fourth-order valence-electron chi connectivity index (χ4n) is 2.80. The zero-order valence-corrected chi connectivity index (χ0v) is 15.0. The van der Waals surface area contributed by atoms with Crippen LogP contribution in [0.3, 0.4) is 0 Å². The topological polar surface area (TPSA) is 54.0 Å². The highest BCUT2D eigenvalue weighted by Gasteiger charge is 2.13. The molecule has 3 aromatic rings. The third kappa shape index (κ3) is 4.48. The van der Waals surface area contributed by atoms with Gasteiger partial charge in [-0.25, -0.2) is 4.98 Å². The van der Waals surface area contributed by atoms with Crippen LogP contribution in [-0.4, -0.2) is 10.9 Å². The number of benzene rings is 2. The Kier molecular flexibility index (Phi) is 5.64. The number of carbonyl (C=O) groups excluding carboxylic acids is 1. The lowest BCUT2D eigenvalue weighted by Gasteiger charge is -2.17. The normalized spacial score (nSPS) is 12.8. The monoisotopic (exact) mass is 345 g/mol. The Labute approximate surface area is 154 Å². The molecule has 0 bridgehead atoms. The van der Waals surface area contributed by atoms with Crippen molar-refractivity contribution in [3.63, 3.8) is 0 Å². The summed E-state index contributed by atoms with van der Waals surface area (Å²) in [6, 6.07) is 23.6. The van der Waals surface area contributed by atoms with Gasteiger partial charge in [0.05, 0.1) is 6.04 Å². The van der Waals surface area contributed by atoms with Gasteiger partial charge in [0.15, 0.2) is 0 Å². The van der Waals surface area contributed by atoms with Crippen molar-refractivity contribution in [2.75, 3.05) is 5.32 Å². The highest BCUT2D eigenvalue weighted by atomic mass is 16.1. The van der Waals surface area contributed by atoms with E-state index in [1.54, 1.807) is 18.3 Å². The van der Waals surface area contributed by atoms with Crippen LogP contribution in [0.15, 0.2) is 79.0 Å². The van der Waals surface area contributed by atoms with E-state index in [-0.39, 0.29) is 18.0 Å². The molecule has 2 atom stereocenters. The molecule has 0 radical (unpaired) electrons. The molecule has 0 aliphatic heterocycles. The third-order valence-corrected chi connectivity index (χ3v) is 4.33. The largest absolute Gasteiger partial charge is 0.364 e. The van der Waals surface area contributed by atoms with Gasteiger partial charge in [0.1, 0.15) is 5.82 Å². The Morgan fingerprint density at radius 3 is 2.04 bits per heavy atom. The molecule has 4 heteroatoms. The molecule has 0 aliphatic rings. The Bertz CT molecular complexity index is 850. The lowest BCUT2D eigenvalue weighted by atomic mass is 10.1. The van der Waals surface area contributed by atoms with Crippen LogP contribution in [0.2, 0.25) is 0 Å². The highest BCUT2D eigenvalue weighted by molar-refractivity contribution is 5.95. The van der Waals surface area contributed by atoms with Crippen LogP contribution >= 0.6 is 0 Å². The van der Waals surface area contributed by atoms with E-state index >= 15 is 0 Å². The van der Waals surface area contributed by atoms with Gasteiger partial charge in [0, 0.05) is 17.8 Å². The van der Waals surface area contributed by atoms with Gasteiger partial charge in [-0.2, -0.15) is 0 Å². The SMILES string of the molecule is CC(NC(=O)c1ccnc(NC(C)c2ccccc2)c1)c1ccccc1. The lowest BCUT2D eigenvalue weighted by molar-refractivity contribution is 0.0940. The summed E-state index contributed by atoms with van der Waals surface area (Å²) < 4.78 is 0. The summed E-state index contributed by atoms with van der Waals surface area (Å²) in [5.41, 5.74) is 2.83. The average molecular weight is 345 g/mol. The molecule has 0 fully saturated rings. The second kappa shape index (κ2) is 8.30. The molecule has 3 rings (SSSR count). The highest BCUT2D eigenvalue weighted by Crippen LogP contribution is 2.18. The number of nitrogens with one attached hydrogen (secondary N) is 2. The van der Waals surface area contributed by atoms with Crippen molar-refractivity contribution >= 4 is 11.7 Å². The van der Waals surface area contributed by atoms with Crippen LogP contribution in [0.4, 0.5) is 5.82 Å². The van der Waals surface area contributed by atoms with E-state index < -0.39 is 0 Å². The van der Waals surface area contributed by atoms with Crippen LogP contribution in [0.1, 0.15) is 47.4 Å². The molecule has 132 valence electrons. The molecule has 1 aromatic heterocycles. The molecule has 2 unspecified atom stereocenters. The Morgan fingerprint density at radius 2 is 1.42 bits per heavy atom. The van der Waals surface area contributed by atoms with Crippen molar-refractivity contribution in [1.29, 1.82) is 0 Å². The second-order valence-electron chi connectivity index (χ2n) is 6.31. The summed E-state index contributed by atoms with van der Waals surface area (Å²) >= 11 is 0. The third-order valence-electron chi connectivity index (χ3n) is 4.33. The van der Waals surface area contributed by atoms with E-state index in [1.807, 2.05) is 55.5 Å². The van der Waals surface area contributed by atoms with Crippen LogP contribution in [-0.2, 0) is 0 Å². The predicted molar refractivity (Wildman–Crippen MR) is 105 cm³/mol. The number of anilines is 1. The quantitative estimate of drug-likeness (QED) is 0.678. The number of hydrogen-bond donors (Lipinski definition) is 2. The Balaban J connectivity index is 1.67. The van der Waals surface area contributed by atoms with Gasteiger partial charge in [-0.3, -0.25) is 4.79 Å². The van der Waals surface area contributed by atoms with Crippen molar-refractivity contribution in [2.24, 2.45) is 0 Å². The molecule has 0 aliphatic carbocycles. The molecular formula is C22H23N3O. The maximum absolute atomic E-state index is 12.6. The molecule has 26 heavy (non-hydrogen) atoms. The van der Waals surface area contributed by atoms with Crippen LogP contribution in [0, 0.1) is 0 Å². The van der Waals surface area contributed by atoms with E-state index in [9.17, 15) is 4.79 Å². The van der Waals surface area contributed by atoms with E-state index in [1.165, 1.54) is 5.56 Å². The first kappa shape index (κ1) is 17.7. The van der Waals surface area contributed by atoms with Crippen molar-refractivity contribution in [2.45, 2.75) is 25.9 Å². The first-order valence-corrected chi connectivity index (χ1v) is 8.77. The lowest BCUT2D eigenvalue weighted by Crippen LogP contribution is -2.26. The number of rotatable bonds is 6. The first-order chi connectivity index (χ1) is 12.6. The fraction of sp³-hybridized carbons (Fsp3) is 0.182. The number of amides is 1. The zero-order valence-electron chi connectivity index (χ0n) is 15.0. The van der Waals surface area contributed by atoms with Gasteiger partial charge in [-0.05, 0) is 37.1 Å². The van der Waals surface area contributed by atoms with Gasteiger partial charge in [0.25, 0.3) is 5.91 Å². The zero-order chi connectivity index (χ0) is 18.4. The van der Waals surface area contributed by atoms with Gasteiger partial charge < -0.3 is 10.6 Å². The number of hydrogen-bond acceptors (Lipinski definition) is 3. The Morgan fingerprint density at radius 1 is 0.846 bits per heavy atom. The summed E-state index contributed by atoms with van der Waals surface area (Å²) in [4.78, 5) is 16.9. The summed E-state index contributed by atoms with van der Waals surface area (Å²) in [6.07, 6.45) is 1.65. The van der Waals surface area contributed by atoms with Gasteiger partial charge in [-0.1, -0.05) is 60.7 Å². The maximum atomic E-state index is 12.6. The minimum atomic E-state index is -0.112. The van der Waals surface area contributed by atoms with Crippen molar-refractivity contribution < 1.29 is 4.79 Å². The number of carbonyl (C=O) groups is 1. The number of nitrogens with zero attached hydrogens (tertiary/aromatic N) is 1. The molecule has 0 spiro atoms. The molecule has 1 heterocycles. The van der Waals surface area contributed by atoms with Crippen molar-refractivity contribution in [1.82, 2.24) is 10.3 Å². The molecule has 1 amide bonds. The Hall–Kier alpha value is -3.14. The molecule has 0 saturated heterocycles. The molecule has 0 saturated carbocycles. The smallest absolute Gasteiger partial charge is 0.251 e. The van der Waals surface area contributed by atoms with Crippen molar-refractivity contribution in [3.05, 3.63) is 95.7 Å². The number of aromatic nitrogens is 1. The fourth-order valence-corrected chi connectivity index (χ4v) is 2.80. The van der Waals surface area contributed by atoms with Crippen LogP contribution in [0.5, 0.6) is 0 Å². The average Bonchev–Trinajstić information content (AvgIpc) is 2.69. The van der Waals surface area contributed by atoms with Crippen LogP contribution in [0.25, 0.3) is 0 Å². The minimum absolute atomic E-state index is 0.0588. The van der Waals surface area contributed by atoms with E-state index in [0.29, 0.717) is 11.4 Å². The van der Waals surface area contributed by atoms with Crippen LogP contribution < -0.4 is 10.6 Å². The summed E-state index contributed by atoms with van der Waals surface area (Å²) in [7, 11) is 0. The van der Waals surface area contributed by atoms with Gasteiger partial charge in [0.2, 0.25) is 0 Å². The van der Waals surface area contributed by atoms with E-state index in [0.717, 1.165) is 5.56 Å². The molecule has 2 N–H and O–H groups in total. The van der Waals surface area contributed by atoms with Crippen molar-refractivity contribution in [3.8, 4) is 0 Å². The van der Waals surface area contributed by atoms with E-state index in [4.69, 9.17) is 0 Å². The predicted octanol–water partition coefficient (Wildman–Crippen LogP) is 4.75. The number of pyridine rings is 1. The minimum Gasteiger partial charge on any atom is -0.364 e. The first-order valence-electron chi connectivity index (χ1n) is 8.77. The molecule has 4 nitrogen and oxygen atoms in total. The molecular weight excluding hydrogens is 322 g/mol. The van der Waals surface area contributed by atoms with Gasteiger partial charge in [-0.15, -0.1) is 0 Å². The van der Waals surface area contributed by atoms with E-state index in [2.05, 4.69) is 34.7 Å². The summed E-state index contributed by atoms with van der Waals surface area (Å²) in [5.74, 6) is 0.570. The standard InChI is InChI=1S/C22H23N3O/c1-16(18-9-5-3-6-10-18)24-21-15-20(13-14-23-21)22(26)25-17(2)19-11-7-4-8-12-19/h3-17H,1-2H3,(H,23,24)(H,25,26). The van der Waals surface area contributed by atoms with Gasteiger partial charge >= 0.3 is 0 Å². The summed E-state index contributed by atoms with van der Waals surface area (Å²) in [6.45, 7) is 4.05. The molecule has 2 aromatic carbocycles. The summed E-state index contributed by atoms with van der Waals surface area (Å²) in [5, 5.41) is 6.38. The maximum Gasteiger partial charge on any atom is 0.251 e.